The fourth-order valence-corrected chi connectivity index (χ4v) is 2.52. The molecule has 0 amide bonds. The molecule has 2 rings (SSSR count). The fraction of sp³-hybridized carbons (Fsp3) is 0.294. The summed E-state index contributed by atoms with van der Waals surface area (Å²) in [5.41, 5.74) is 7.77. The van der Waals surface area contributed by atoms with Crippen LogP contribution in [0.3, 0.4) is 0 Å². The highest BCUT2D eigenvalue weighted by Crippen LogP contribution is 2.27. The molecule has 0 aliphatic rings. The molecule has 2 aromatic rings. The van der Waals surface area contributed by atoms with Crippen LogP contribution in [0.5, 0.6) is 5.75 Å². The zero-order valence-electron chi connectivity index (χ0n) is 12.3. The minimum Gasteiger partial charge on any atom is -0.496 e. The topological polar surface area (TPSA) is 47.3 Å². The van der Waals surface area contributed by atoms with Gasteiger partial charge in [0.25, 0.3) is 0 Å². The molecule has 3 N–H and O–H groups in total. The molecule has 106 valence electrons. The van der Waals surface area contributed by atoms with Gasteiger partial charge in [0.2, 0.25) is 0 Å². The SMILES string of the molecule is COc1ccc(C)cc1CC(NN)c1ccccc1C. The van der Waals surface area contributed by atoms with Crippen LogP contribution >= 0.6 is 0 Å². The summed E-state index contributed by atoms with van der Waals surface area (Å²) in [6, 6.07) is 14.6. The van der Waals surface area contributed by atoms with Crippen LogP contribution in [-0.2, 0) is 6.42 Å². The highest BCUT2D eigenvalue weighted by Gasteiger charge is 2.15. The van der Waals surface area contributed by atoms with Gasteiger partial charge in [-0.3, -0.25) is 11.3 Å². The molecule has 1 atom stereocenters. The van der Waals surface area contributed by atoms with Crippen LogP contribution in [0.1, 0.15) is 28.3 Å². The molecule has 0 aromatic heterocycles. The number of hydrazine groups is 1. The third-order valence-electron chi connectivity index (χ3n) is 3.63. The molecule has 0 saturated heterocycles. The maximum Gasteiger partial charge on any atom is 0.122 e. The van der Waals surface area contributed by atoms with E-state index >= 15 is 0 Å². The van der Waals surface area contributed by atoms with Crippen LogP contribution in [0.15, 0.2) is 42.5 Å². The Morgan fingerprint density at radius 2 is 1.90 bits per heavy atom. The smallest absolute Gasteiger partial charge is 0.122 e. The average Bonchev–Trinajstić information content (AvgIpc) is 2.46. The van der Waals surface area contributed by atoms with Gasteiger partial charge in [-0.05, 0) is 43.0 Å². The van der Waals surface area contributed by atoms with Crippen LogP contribution in [0.25, 0.3) is 0 Å². The number of ether oxygens (including phenoxy) is 1. The molecule has 0 spiro atoms. The van der Waals surface area contributed by atoms with Gasteiger partial charge in [0, 0.05) is 0 Å². The van der Waals surface area contributed by atoms with E-state index in [1.54, 1.807) is 7.11 Å². The molecule has 20 heavy (non-hydrogen) atoms. The standard InChI is InChI=1S/C17H22N2O/c1-12-8-9-17(20-3)14(10-12)11-16(19-18)15-7-5-4-6-13(15)2/h4-10,16,19H,11,18H2,1-3H3. The van der Waals surface area contributed by atoms with Crippen LogP contribution in [0.2, 0.25) is 0 Å². The summed E-state index contributed by atoms with van der Waals surface area (Å²) in [7, 11) is 1.70. The van der Waals surface area contributed by atoms with E-state index in [2.05, 4.69) is 43.5 Å². The predicted octanol–water partition coefficient (Wildman–Crippen LogP) is 3.06. The molecule has 0 saturated carbocycles. The third kappa shape index (κ3) is 3.18. The Hall–Kier alpha value is -1.84. The van der Waals surface area contributed by atoms with Gasteiger partial charge in [0.15, 0.2) is 0 Å². The van der Waals surface area contributed by atoms with Crippen molar-refractivity contribution >= 4 is 0 Å². The number of hydrogen-bond acceptors (Lipinski definition) is 3. The fourth-order valence-electron chi connectivity index (χ4n) is 2.52. The predicted molar refractivity (Wildman–Crippen MR) is 82.7 cm³/mol. The molecule has 0 heterocycles. The Balaban J connectivity index is 2.31. The molecule has 3 nitrogen and oxygen atoms in total. The van der Waals surface area contributed by atoms with E-state index in [0.717, 1.165) is 12.2 Å². The van der Waals surface area contributed by atoms with Crippen molar-refractivity contribution < 1.29 is 4.74 Å². The van der Waals surface area contributed by atoms with Gasteiger partial charge in [0.1, 0.15) is 5.75 Å². The van der Waals surface area contributed by atoms with E-state index in [0.29, 0.717) is 0 Å². The third-order valence-corrected chi connectivity index (χ3v) is 3.63. The Labute approximate surface area is 120 Å². The second-order valence-electron chi connectivity index (χ2n) is 5.10. The molecular formula is C17H22N2O. The Morgan fingerprint density at radius 3 is 2.55 bits per heavy atom. The number of methoxy groups -OCH3 is 1. The quantitative estimate of drug-likeness (QED) is 0.648. The first-order valence-corrected chi connectivity index (χ1v) is 6.81. The van der Waals surface area contributed by atoms with E-state index in [4.69, 9.17) is 10.6 Å². The van der Waals surface area contributed by atoms with Crippen molar-refractivity contribution in [2.75, 3.05) is 7.11 Å². The summed E-state index contributed by atoms with van der Waals surface area (Å²) in [5.74, 6) is 6.67. The molecule has 1 unspecified atom stereocenters. The second-order valence-corrected chi connectivity index (χ2v) is 5.10. The minimum absolute atomic E-state index is 0.0758. The number of rotatable bonds is 5. The summed E-state index contributed by atoms with van der Waals surface area (Å²) in [6.07, 6.45) is 0.798. The Morgan fingerprint density at radius 1 is 1.15 bits per heavy atom. The summed E-state index contributed by atoms with van der Waals surface area (Å²) in [5, 5.41) is 0. The van der Waals surface area contributed by atoms with Crippen molar-refractivity contribution in [1.29, 1.82) is 0 Å². The van der Waals surface area contributed by atoms with E-state index in [1.165, 1.54) is 22.3 Å². The van der Waals surface area contributed by atoms with Crippen molar-refractivity contribution in [1.82, 2.24) is 5.43 Å². The van der Waals surface area contributed by atoms with Gasteiger partial charge >= 0.3 is 0 Å². The monoisotopic (exact) mass is 270 g/mol. The maximum absolute atomic E-state index is 5.76. The highest BCUT2D eigenvalue weighted by molar-refractivity contribution is 5.39. The number of aryl methyl sites for hydroxylation is 2. The first kappa shape index (κ1) is 14.6. The highest BCUT2D eigenvalue weighted by atomic mass is 16.5. The Bertz CT molecular complexity index is 581. The van der Waals surface area contributed by atoms with Crippen molar-refractivity contribution in [3.63, 3.8) is 0 Å². The van der Waals surface area contributed by atoms with Gasteiger partial charge < -0.3 is 4.74 Å². The lowest BCUT2D eigenvalue weighted by Crippen LogP contribution is -2.30. The van der Waals surface area contributed by atoms with Gasteiger partial charge in [-0.15, -0.1) is 0 Å². The van der Waals surface area contributed by atoms with Gasteiger partial charge in [-0.1, -0.05) is 42.0 Å². The lowest BCUT2D eigenvalue weighted by molar-refractivity contribution is 0.405. The summed E-state index contributed by atoms with van der Waals surface area (Å²) in [4.78, 5) is 0. The molecule has 0 fully saturated rings. The van der Waals surface area contributed by atoms with Gasteiger partial charge in [-0.2, -0.15) is 0 Å². The molecule has 3 heteroatoms. The number of benzene rings is 2. The molecule has 2 aromatic carbocycles. The maximum atomic E-state index is 5.76. The molecular weight excluding hydrogens is 248 g/mol. The van der Waals surface area contributed by atoms with Crippen LogP contribution in [0.4, 0.5) is 0 Å². The van der Waals surface area contributed by atoms with Crippen LogP contribution < -0.4 is 16.0 Å². The summed E-state index contributed by atoms with van der Waals surface area (Å²) < 4.78 is 5.44. The van der Waals surface area contributed by atoms with Gasteiger partial charge in [-0.25, -0.2) is 0 Å². The van der Waals surface area contributed by atoms with E-state index in [1.807, 2.05) is 18.2 Å². The van der Waals surface area contributed by atoms with Crippen LogP contribution in [-0.4, -0.2) is 7.11 Å². The lowest BCUT2D eigenvalue weighted by Gasteiger charge is -2.20. The summed E-state index contributed by atoms with van der Waals surface area (Å²) in [6.45, 7) is 4.19. The second kappa shape index (κ2) is 6.55. The number of nitrogens with two attached hydrogens (primary N) is 1. The van der Waals surface area contributed by atoms with Crippen molar-refractivity contribution in [3.05, 3.63) is 64.7 Å². The van der Waals surface area contributed by atoms with E-state index in [9.17, 15) is 0 Å². The average molecular weight is 270 g/mol. The lowest BCUT2D eigenvalue weighted by atomic mass is 9.95. The minimum atomic E-state index is 0.0758. The largest absolute Gasteiger partial charge is 0.496 e. The first-order chi connectivity index (χ1) is 9.65. The Kier molecular flexibility index (Phi) is 4.77. The number of hydrogen-bond donors (Lipinski definition) is 2. The van der Waals surface area contributed by atoms with Gasteiger partial charge in [0.05, 0.1) is 13.2 Å². The molecule has 0 aliphatic carbocycles. The first-order valence-electron chi connectivity index (χ1n) is 6.81. The molecule has 0 bridgehead atoms. The van der Waals surface area contributed by atoms with Crippen molar-refractivity contribution in [3.8, 4) is 5.75 Å². The van der Waals surface area contributed by atoms with Crippen LogP contribution in [0, 0.1) is 13.8 Å². The van der Waals surface area contributed by atoms with Crippen molar-refractivity contribution in [2.24, 2.45) is 5.84 Å². The normalized spacial score (nSPS) is 12.2. The van der Waals surface area contributed by atoms with E-state index < -0.39 is 0 Å². The van der Waals surface area contributed by atoms with E-state index in [-0.39, 0.29) is 6.04 Å². The zero-order chi connectivity index (χ0) is 14.5. The zero-order valence-corrected chi connectivity index (χ0v) is 12.3. The van der Waals surface area contributed by atoms with Crippen molar-refractivity contribution in [2.45, 2.75) is 26.3 Å². The number of nitrogens with one attached hydrogen (secondary N) is 1. The summed E-state index contributed by atoms with van der Waals surface area (Å²) >= 11 is 0. The molecule has 0 radical (unpaired) electrons. The molecule has 0 aliphatic heterocycles.